The van der Waals surface area contributed by atoms with Crippen LogP contribution < -0.4 is 4.74 Å². The number of piperidine rings is 1. The molecule has 116 valence electrons. The Morgan fingerprint density at radius 2 is 2.19 bits per heavy atom. The SMILES string of the molecule is COc1ccccc1CC(C)N1CCC(C(=O)O)CC1C. The third-order valence-corrected chi connectivity index (χ3v) is 4.55. The number of likely N-dealkylation sites (tertiary alicyclic amines) is 1. The summed E-state index contributed by atoms with van der Waals surface area (Å²) >= 11 is 0. The van der Waals surface area contributed by atoms with Crippen LogP contribution in [0.3, 0.4) is 0 Å². The molecule has 1 aliphatic rings. The molecule has 0 saturated carbocycles. The minimum Gasteiger partial charge on any atom is -0.496 e. The summed E-state index contributed by atoms with van der Waals surface area (Å²) in [5.74, 6) is 0.0889. The Labute approximate surface area is 126 Å². The number of carboxylic acid groups (broad SMARTS) is 1. The van der Waals surface area contributed by atoms with E-state index >= 15 is 0 Å². The van der Waals surface area contributed by atoms with Crippen molar-refractivity contribution in [1.82, 2.24) is 4.90 Å². The molecule has 0 amide bonds. The van der Waals surface area contributed by atoms with Crippen LogP contribution in [0, 0.1) is 5.92 Å². The first kappa shape index (κ1) is 15.8. The average molecular weight is 291 g/mol. The maximum Gasteiger partial charge on any atom is 0.306 e. The highest BCUT2D eigenvalue weighted by Crippen LogP contribution is 2.27. The molecule has 0 bridgehead atoms. The topological polar surface area (TPSA) is 49.8 Å². The van der Waals surface area contributed by atoms with E-state index in [9.17, 15) is 4.79 Å². The lowest BCUT2D eigenvalue weighted by molar-refractivity contribution is -0.144. The van der Waals surface area contributed by atoms with E-state index in [1.807, 2.05) is 18.2 Å². The van der Waals surface area contributed by atoms with Crippen molar-refractivity contribution in [3.63, 3.8) is 0 Å². The smallest absolute Gasteiger partial charge is 0.306 e. The second-order valence-electron chi connectivity index (χ2n) is 6.01. The highest BCUT2D eigenvalue weighted by molar-refractivity contribution is 5.70. The largest absolute Gasteiger partial charge is 0.496 e. The molecular weight excluding hydrogens is 266 g/mol. The number of rotatable bonds is 5. The summed E-state index contributed by atoms with van der Waals surface area (Å²) in [4.78, 5) is 13.5. The standard InChI is InChI=1S/C17H25NO3/c1-12(10-14-6-4-5-7-16(14)21-3)18-9-8-15(17(19)20)11-13(18)2/h4-7,12-13,15H,8-11H2,1-3H3,(H,19,20). The summed E-state index contributed by atoms with van der Waals surface area (Å²) in [5, 5.41) is 9.15. The number of carboxylic acids is 1. The molecule has 1 aliphatic heterocycles. The molecule has 3 unspecified atom stereocenters. The molecule has 2 rings (SSSR count). The Morgan fingerprint density at radius 1 is 1.48 bits per heavy atom. The lowest BCUT2D eigenvalue weighted by atomic mass is 9.90. The van der Waals surface area contributed by atoms with Gasteiger partial charge in [0, 0.05) is 12.1 Å². The minimum absolute atomic E-state index is 0.185. The molecule has 0 aliphatic carbocycles. The van der Waals surface area contributed by atoms with Gasteiger partial charge in [-0.3, -0.25) is 9.69 Å². The van der Waals surface area contributed by atoms with Crippen molar-refractivity contribution in [2.24, 2.45) is 5.92 Å². The highest BCUT2D eigenvalue weighted by atomic mass is 16.5. The van der Waals surface area contributed by atoms with E-state index in [0.717, 1.165) is 31.6 Å². The van der Waals surface area contributed by atoms with Gasteiger partial charge in [-0.1, -0.05) is 18.2 Å². The van der Waals surface area contributed by atoms with Crippen molar-refractivity contribution < 1.29 is 14.6 Å². The van der Waals surface area contributed by atoms with Gasteiger partial charge < -0.3 is 9.84 Å². The maximum absolute atomic E-state index is 11.1. The van der Waals surface area contributed by atoms with Gasteiger partial charge in [-0.05, 0) is 51.3 Å². The molecule has 4 nitrogen and oxygen atoms in total. The first-order valence-electron chi connectivity index (χ1n) is 7.63. The van der Waals surface area contributed by atoms with Crippen LogP contribution in [0.5, 0.6) is 5.75 Å². The Balaban J connectivity index is 2.00. The Bertz CT molecular complexity index is 489. The molecule has 1 fully saturated rings. The summed E-state index contributed by atoms with van der Waals surface area (Å²) in [6, 6.07) is 8.79. The number of benzene rings is 1. The zero-order valence-corrected chi connectivity index (χ0v) is 13.1. The molecule has 0 spiro atoms. The van der Waals surface area contributed by atoms with E-state index in [1.165, 1.54) is 5.56 Å². The molecule has 1 saturated heterocycles. The zero-order chi connectivity index (χ0) is 15.4. The fourth-order valence-electron chi connectivity index (χ4n) is 3.38. The third-order valence-electron chi connectivity index (χ3n) is 4.55. The molecule has 4 heteroatoms. The Kier molecular flexibility index (Phi) is 5.23. The molecule has 3 atom stereocenters. The summed E-state index contributed by atoms with van der Waals surface area (Å²) in [6.07, 6.45) is 2.41. The van der Waals surface area contributed by atoms with Crippen LogP contribution in [0.2, 0.25) is 0 Å². The van der Waals surface area contributed by atoms with Gasteiger partial charge in [0.15, 0.2) is 0 Å². The first-order valence-corrected chi connectivity index (χ1v) is 7.63. The Hall–Kier alpha value is -1.55. The summed E-state index contributed by atoms with van der Waals surface area (Å²) in [5.41, 5.74) is 1.21. The summed E-state index contributed by atoms with van der Waals surface area (Å²) in [7, 11) is 1.70. The predicted octanol–water partition coefficient (Wildman–Crippen LogP) is 2.81. The van der Waals surface area contributed by atoms with E-state index in [0.29, 0.717) is 12.1 Å². The molecule has 0 aromatic heterocycles. The second kappa shape index (κ2) is 6.94. The van der Waals surface area contributed by atoms with Crippen LogP contribution in [-0.4, -0.2) is 41.7 Å². The van der Waals surface area contributed by atoms with Crippen molar-refractivity contribution in [2.45, 2.75) is 45.2 Å². The second-order valence-corrected chi connectivity index (χ2v) is 6.01. The van der Waals surface area contributed by atoms with Crippen molar-refractivity contribution in [2.75, 3.05) is 13.7 Å². The molecule has 1 aromatic rings. The summed E-state index contributed by atoms with van der Waals surface area (Å²) < 4.78 is 5.41. The lowest BCUT2D eigenvalue weighted by Crippen LogP contribution is -2.47. The van der Waals surface area contributed by atoms with Crippen LogP contribution in [0.25, 0.3) is 0 Å². The zero-order valence-electron chi connectivity index (χ0n) is 13.1. The number of hydrogen-bond donors (Lipinski definition) is 1. The monoisotopic (exact) mass is 291 g/mol. The van der Waals surface area contributed by atoms with Gasteiger partial charge in [-0.15, -0.1) is 0 Å². The van der Waals surface area contributed by atoms with Crippen LogP contribution >= 0.6 is 0 Å². The number of ether oxygens (including phenoxy) is 1. The van der Waals surface area contributed by atoms with Crippen molar-refractivity contribution in [3.05, 3.63) is 29.8 Å². The number of methoxy groups -OCH3 is 1. The van der Waals surface area contributed by atoms with Gasteiger partial charge in [0.1, 0.15) is 5.75 Å². The minimum atomic E-state index is -0.654. The number of hydrogen-bond acceptors (Lipinski definition) is 3. The van der Waals surface area contributed by atoms with Gasteiger partial charge in [-0.2, -0.15) is 0 Å². The van der Waals surface area contributed by atoms with Crippen LogP contribution in [-0.2, 0) is 11.2 Å². The number of aliphatic carboxylic acids is 1. The first-order chi connectivity index (χ1) is 10.0. The van der Waals surface area contributed by atoms with Gasteiger partial charge in [0.2, 0.25) is 0 Å². The van der Waals surface area contributed by atoms with Gasteiger partial charge in [0.25, 0.3) is 0 Å². The van der Waals surface area contributed by atoms with E-state index in [1.54, 1.807) is 7.11 Å². The molecule has 1 heterocycles. The van der Waals surface area contributed by atoms with Crippen molar-refractivity contribution >= 4 is 5.97 Å². The lowest BCUT2D eigenvalue weighted by Gasteiger charge is -2.40. The highest BCUT2D eigenvalue weighted by Gasteiger charge is 2.32. The van der Waals surface area contributed by atoms with Crippen molar-refractivity contribution in [1.29, 1.82) is 0 Å². The number of nitrogens with zero attached hydrogens (tertiary/aromatic N) is 1. The predicted molar refractivity (Wildman–Crippen MR) is 82.7 cm³/mol. The van der Waals surface area contributed by atoms with Crippen molar-refractivity contribution in [3.8, 4) is 5.75 Å². The van der Waals surface area contributed by atoms with Gasteiger partial charge >= 0.3 is 5.97 Å². The molecule has 1 N–H and O–H groups in total. The van der Waals surface area contributed by atoms with E-state index in [-0.39, 0.29) is 5.92 Å². The molecule has 1 aromatic carbocycles. The Morgan fingerprint density at radius 3 is 2.81 bits per heavy atom. The van der Waals surface area contributed by atoms with Gasteiger partial charge in [0.05, 0.1) is 13.0 Å². The van der Waals surface area contributed by atoms with E-state index < -0.39 is 5.97 Å². The van der Waals surface area contributed by atoms with Crippen LogP contribution in [0.15, 0.2) is 24.3 Å². The number of carbonyl (C=O) groups is 1. The third kappa shape index (κ3) is 3.76. The number of para-hydroxylation sites is 1. The summed E-state index contributed by atoms with van der Waals surface area (Å²) in [6.45, 7) is 5.20. The quantitative estimate of drug-likeness (QED) is 0.906. The average Bonchev–Trinajstić information content (AvgIpc) is 2.47. The van der Waals surface area contributed by atoms with Crippen LogP contribution in [0.1, 0.15) is 32.3 Å². The van der Waals surface area contributed by atoms with E-state index in [4.69, 9.17) is 9.84 Å². The van der Waals surface area contributed by atoms with Crippen LogP contribution in [0.4, 0.5) is 0 Å². The maximum atomic E-state index is 11.1. The normalized spacial score (nSPS) is 24.5. The molecule has 0 radical (unpaired) electrons. The van der Waals surface area contributed by atoms with E-state index in [2.05, 4.69) is 24.8 Å². The molecular formula is C17H25NO3. The van der Waals surface area contributed by atoms with Gasteiger partial charge in [-0.25, -0.2) is 0 Å². The molecule has 21 heavy (non-hydrogen) atoms. The fraction of sp³-hybridized carbons (Fsp3) is 0.588. The fourth-order valence-corrected chi connectivity index (χ4v) is 3.38.